The summed E-state index contributed by atoms with van der Waals surface area (Å²) in [4.78, 5) is 17.0. The van der Waals surface area contributed by atoms with Crippen LogP contribution in [-0.2, 0) is 10.0 Å². The lowest BCUT2D eigenvalue weighted by Crippen LogP contribution is -2.45. The predicted octanol–water partition coefficient (Wildman–Crippen LogP) is 1.86. The van der Waals surface area contributed by atoms with Gasteiger partial charge in [0.25, 0.3) is 5.91 Å². The van der Waals surface area contributed by atoms with Crippen LogP contribution in [0.2, 0.25) is 0 Å². The average molecular weight is 405 g/mol. The van der Waals surface area contributed by atoms with E-state index in [1.54, 1.807) is 4.90 Å². The lowest BCUT2D eigenvalue weighted by atomic mass is 9.84. The fourth-order valence-corrected chi connectivity index (χ4v) is 5.19. The van der Waals surface area contributed by atoms with Gasteiger partial charge < -0.3 is 15.6 Å². The molecule has 1 aromatic heterocycles. The van der Waals surface area contributed by atoms with Crippen LogP contribution in [0.15, 0.2) is 17.2 Å². The maximum absolute atomic E-state index is 12.7. The Bertz CT molecular complexity index is 695. The number of carbonyl (C=O) groups is 1. The van der Waals surface area contributed by atoms with Gasteiger partial charge in [-0.15, -0.1) is 12.4 Å². The van der Waals surface area contributed by atoms with E-state index in [-0.39, 0.29) is 41.7 Å². The maximum atomic E-state index is 12.7. The van der Waals surface area contributed by atoms with E-state index >= 15 is 0 Å². The second-order valence-corrected chi connectivity index (χ2v) is 8.82. The molecule has 1 atom stereocenters. The Labute approximate surface area is 161 Å². The molecular formula is C17H29ClN4O3S. The second kappa shape index (κ2) is 9.21. The minimum absolute atomic E-state index is 0. The lowest BCUT2D eigenvalue weighted by molar-refractivity contribution is 0.0787. The summed E-state index contributed by atoms with van der Waals surface area (Å²) in [6.07, 6.45) is 8.87. The van der Waals surface area contributed by atoms with E-state index in [0.717, 1.165) is 51.6 Å². The number of aromatic nitrogens is 1. The molecule has 1 saturated carbocycles. The number of H-pyrrole nitrogens is 1. The fraction of sp³-hybridized carbons (Fsp3) is 0.706. The molecule has 1 saturated heterocycles. The van der Waals surface area contributed by atoms with Gasteiger partial charge in [-0.1, -0.05) is 19.3 Å². The summed E-state index contributed by atoms with van der Waals surface area (Å²) in [7, 11) is -3.69. The molecule has 2 aliphatic rings. The Morgan fingerprint density at radius 3 is 2.50 bits per heavy atom. The van der Waals surface area contributed by atoms with Crippen molar-refractivity contribution in [1.29, 1.82) is 0 Å². The molecule has 2 fully saturated rings. The zero-order valence-electron chi connectivity index (χ0n) is 14.9. The van der Waals surface area contributed by atoms with Crippen LogP contribution in [0.1, 0.15) is 55.4 Å². The number of sulfonamides is 1. The Morgan fingerprint density at radius 2 is 1.88 bits per heavy atom. The smallest absolute Gasteiger partial charge is 0.270 e. The largest absolute Gasteiger partial charge is 0.356 e. The number of hydrogen-bond acceptors (Lipinski definition) is 4. The van der Waals surface area contributed by atoms with Crippen LogP contribution in [0.3, 0.4) is 0 Å². The zero-order valence-corrected chi connectivity index (χ0v) is 16.6. The standard InChI is InChI=1S/C17H28N4O3S.ClH/c18-11-16(13-6-2-1-3-7-13)20-25(23,24)14-10-15(19-12-14)17(22)21-8-4-5-9-21;/h10,12-13,16,19-20H,1-9,11,18H2;1H. The first-order valence-electron chi connectivity index (χ1n) is 9.21. The van der Waals surface area contributed by atoms with E-state index in [1.807, 2.05) is 0 Å². The Morgan fingerprint density at radius 1 is 1.23 bits per heavy atom. The number of nitrogens with zero attached hydrogens (tertiary/aromatic N) is 1. The van der Waals surface area contributed by atoms with Gasteiger partial charge in [0, 0.05) is 31.9 Å². The SMILES string of the molecule is Cl.NCC(NS(=O)(=O)c1c[nH]c(C(=O)N2CCCC2)c1)C1CCCCC1. The second-order valence-electron chi connectivity index (χ2n) is 7.11. The van der Waals surface area contributed by atoms with Crippen LogP contribution in [0.4, 0.5) is 0 Å². The Balaban J connectivity index is 0.00000243. The lowest BCUT2D eigenvalue weighted by Gasteiger charge is -2.29. The number of aromatic amines is 1. The van der Waals surface area contributed by atoms with Gasteiger partial charge in [-0.25, -0.2) is 13.1 Å². The van der Waals surface area contributed by atoms with Gasteiger partial charge in [-0.3, -0.25) is 4.79 Å². The molecule has 1 unspecified atom stereocenters. The molecule has 9 heteroatoms. The summed E-state index contributed by atoms with van der Waals surface area (Å²) < 4.78 is 28.1. The Hall–Kier alpha value is -1.09. The summed E-state index contributed by atoms with van der Waals surface area (Å²) in [6, 6.07) is 1.18. The van der Waals surface area contributed by atoms with Crippen molar-refractivity contribution in [2.45, 2.75) is 55.9 Å². The average Bonchev–Trinajstić information content (AvgIpc) is 3.31. The molecule has 1 amide bonds. The van der Waals surface area contributed by atoms with Gasteiger partial charge in [0.1, 0.15) is 10.6 Å². The van der Waals surface area contributed by atoms with Crippen molar-refractivity contribution in [3.8, 4) is 0 Å². The molecule has 0 bridgehead atoms. The van der Waals surface area contributed by atoms with Gasteiger partial charge in [-0.2, -0.15) is 0 Å². The van der Waals surface area contributed by atoms with Gasteiger partial charge in [0.15, 0.2) is 0 Å². The molecular weight excluding hydrogens is 376 g/mol. The Kier molecular flexibility index (Phi) is 7.52. The summed E-state index contributed by atoms with van der Waals surface area (Å²) in [6.45, 7) is 1.75. The first-order chi connectivity index (χ1) is 12.0. The topological polar surface area (TPSA) is 108 Å². The van der Waals surface area contributed by atoms with Crippen LogP contribution in [0, 0.1) is 5.92 Å². The molecule has 26 heavy (non-hydrogen) atoms. The normalized spacial score (nSPS) is 20.0. The number of nitrogens with one attached hydrogen (secondary N) is 2. The van der Waals surface area contributed by atoms with Crippen molar-refractivity contribution in [2.75, 3.05) is 19.6 Å². The number of nitrogens with two attached hydrogens (primary N) is 1. The summed E-state index contributed by atoms with van der Waals surface area (Å²) in [5.74, 6) is 0.153. The monoisotopic (exact) mass is 404 g/mol. The highest BCUT2D eigenvalue weighted by Crippen LogP contribution is 2.27. The molecule has 1 aliphatic heterocycles. The molecule has 1 aliphatic carbocycles. The minimum Gasteiger partial charge on any atom is -0.356 e. The molecule has 0 aromatic carbocycles. The molecule has 148 valence electrons. The number of rotatable bonds is 6. The molecule has 3 rings (SSSR count). The van der Waals surface area contributed by atoms with Crippen LogP contribution in [-0.4, -0.2) is 49.9 Å². The van der Waals surface area contributed by atoms with E-state index in [0.29, 0.717) is 5.69 Å². The number of likely N-dealkylation sites (tertiary alicyclic amines) is 1. The van der Waals surface area contributed by atoms with Crippen molar-refractivity contribution >= 4 is 28.3 Å². The van der Waals surface area contributed by atoms with Gasteiger partial charge in [0.05, 0.1) is 0 Å². The number of halogens is 1. The number of carbonyl (C=O) groups excluding carboxylic acids is 1. The molecule has 0 spiro atoms. The first kappa shape index (κ1) is 21.2. The zero-order chi connectivity index (χ0) is 17.9. The van der Waals surface area contributed by atoms with Gasteiger partial charge in [-0.05, 0) is 37.7 Å². The van der Waals surface area contributed by atoms with Crippen molar-refractivity contribution < 1.29 is 13.2 Å². The fourth-order valence-electron chi connectivity index (χ4n) is 3.88. The molecule has 1 aromatic rings. The van der Waals surface area contributed by atoms with E-state index in [1.165, 1.54) is 18.7 Å². The van der Waals surface area contributed by atoms with Crippen molar-refractivity contribution in [3.63, 3.8) is 0 Å². The molecule has 2 heterocycles. The predicted molar refractivity (Wildman–Crippen MR) is 103 cm³/mol. The van der Waals surface area contributed by atoms with Crippen LogP contribution in [0.25, 0.3) is 0 Å². The summed E-state index contributed by atoms with van der Waals surface area (Å²) in [5.41, 5.74) is 6.15. The first-order valence-corrected chi connectivity index (χ1v) is 10.7. The van der Waals surface area contributed by atoms with Crippen LogP contribution < -0.4 is 10.5 Å². The number of hydrogen-bond donors (Lipinski definition) is 3. The highest BCUT2D eigenvalue weighted by atomic mass is 35.5. The van der Waals surface area contributed by atoms with Crippen molar-refractivity contribution in [3.05, 3.63) is 18.0 Å². The van der Waals surface area contributed by atoms with Crippen LogP contribution in [0.5, 0.6) is 0 Å². The molecule has 7 nitrogen and oxygen atoms in total. The van der Waals surface area contributed by atoms with Crippen molar-refractivity contribution in [2.24, 2.45) is 11.7 Å². The summed E-state index contributed by atoms with van der Waals surface area (Å²) in [5, 5.41) is 0. The highest BCUT2D eigenvalue weighted by molar-refractivity contribution is 7.89. The molecule has 0 radical (unpaired) electrons. The van der Waals surface area contributed by atoms with Gasteiger partial charge in [0.2, 0.25) is 10.0 Å². The van der Waals surface area contributed by atoms with E-state index in [4.69, 9.17) is 5.73 Å². The third kappa shape index (κ3) is 4.79. The third-order valence-electron chi connectivity index (χ3n) is 5.37. The quantitative estimate of drug-likeness (QED) is 0.672. The van der Waals surface area contributed by atoms with Gasteiger partial charge >= 0.3 is 0 Å². The van der Waals surface area contributed by atoms with E-state index in [9.17, 15) is 13.2 Å². The molecule has 4 N–H and O–H groups in total. The third-order valence-corrected chi connectivity index (χ3v) is 6.84. The maximum Gasteiger partial charge on any atom is 0.270 e. The van der Waals surface area contributed by atoms with E-state index < -0.39 is 10.0 Å². The highest BCUT2D eigenvalue weighted by Gasteiger charge is 2.29. The van der Waals surface area contributed by atoms with Crippen LogP contribution >= 0.6 is 12.4 Å². The van der Waals surface area contributed by atoms with Crippen molar-refractivity contribution in [1.82, 2.24) is 14.6 Å². The summed E-state index contributed by atoms with van der Waals surface area (Å²) >= 11 is 0. The number of amides is 1. The van der Waals surface area contributed by atoms with E-state index in [2.05, 4.69) is 9.71 Å². The minimum atomic E-state index is -3.69.